The van der Waals surface area contributed by atoms with Crippen LogP contribution in [0.5, 0.6) is 0 Å². The number of carbonyl (C=O) groups excluding carboxylic acids is 1. The van der Waals surface area contributed by atoms with E-state index in [9.17, 15) is 4.79 Å². The number of Topliss-reactive ketones (excluding diaryl/α,β-unsaturated/α-hetero) is 1. The van der Waals surface area contributed by atoms with Crippen LogP contribution in [-0.4, -0.2) is 5.78 Å². The predicted molar refractivity (Wildman–Crippen MR) is 55.4 cm³/mol. The Morgan fingerprint density at radius 2 is 1.54 bits per heavy atom. The maximum Gasteiger partial charge on any atom is 0.155 e. The highest BCUT2D eigenvalue weighted by atomic mass is 16.1. The summed E-state index contributed by atoms with van der Waals surface area (Å²) in [5, 5.41) is 0. The largest absolute Gasteiger partial charge is 0.295 e. The van der Waals surface area contributed by atoms with Crippen molar-refractivity contribution >= 4 is 11.4 Å². The van der Waals surface area contributed by atoms with Gasteiger partial charge in [-0.2, -0.15) is 0 Å². The van der Waals surface area contributed by atoms with Crippen molar-refractivity contribution in [2.75, 3.05) is 0 Å². The van der Waals surface area contributed by atoms with Crippen LogP contribution in [0, 0.1) is 0 Å². The summed E-state index contributed by atoms with van der Waals surface area (Å²) in [5.74, 6) is 0.140. The Bertz CT molecular complexity index is 333. The van der Waals surface area contributed by atoms with Gasteiger partial charge < -0.3 is 0 Å². The Morgan fingerprint density at radius 3 is 2.00 bits per heavy atom. The Hall–Kier alpha value is -1.37. The van der Waals surface area contributed by atoms with E-state index in [-0.39, 0.29) is 5.78 Å². The standard InChI is InChI=1S/C12H14O/c1-9(11(3)13)10(2)12-7-5-4-6-8-12/h4-8H,1-3H3/b10-9-. The Kier molecular flexibility index (Phi) is 3.02. The number of allylic oxidation sites excluding steroid dienone is 2. The smallest absolute Gasteiger partial charge is 0.155 e. The third-order valence-corrected chi connectivity index (χ3v) is 2.30. The molecule has 0 aromatic heterocycles. The highest BCUT2D eigenvalue weighted by Gasteiger charge is 2.03. The molecule has 0 amide bonds. The van der Waals surface area contributed by atoms with E-state index in [2.05, 4.69) is 0 Å². The number of carbonyl (C=O) groups is 1. The molecule has 0 aliphatic carbocycles. The fourth-order valence-corrected chi connectivity index (χ4v) is 1.17. The van der Waals surface area contributed by atoms with E-state index in [0.717, 1.165) is 16.7 Å². The monoisotopic (exact) mass is 174 g/mol. The Morgan fingerprint density at radius 1 is 1.00 bits per heavy atom. The molecule has 1 aromatic rings. The third kappa shape index (κ3) is 2.28. The van der Waals surface area contributed by atoms with E-state index in [0.29, 0.717) is 0 Å². The van der Waals surface area contributed by atoms with Gasteiger partial charge in [0.15, 0.2) is 5.78 Å². The van der Waals surface area contributed by atoms with Crippen molar-refractivity contribution in [1.82, 2.24) is 0 Å². The van der Waals surface area contributed by atoms with Gasteiger partial charge in [-0.05, 0) is 37.5 Å². The maximum absolute atomic E-state index is 11.1. The van der Waals surface area contributed by atoms with Gasteiger partial charge in [-0.3, -0.25) is 4.79 Å². The van der Waals surface area contributed by atoms with E-state index >= 15 is 0 Å². The number of hydrogen-bond donors (Lipinski definition) is 0. The van der Waals surface area contributed by atoms with Crippen molar-refractivity contribution in [2.45, 2.75) is 20.8 Å². The first kappa shape index (κ1) is 9.72. The SMILES string of the molecule is CC(=O)/C(C)=C(/C)c1ccccc1. The van der Waals surface area contributed by atoms with Gasteiger partial charge in [0.2, 0.25) is 0 Å². The van der Waals surface area contributed by atoms with Crippen LogP contribution in [0.25, 0.3) is 5.57 Å². The molecule has 0 aliphatic heterocycles. The number of rotatable bonds is 2. The van der Waals surface area contributed by atoms with Gasteiger partial charge in [-0.15, -0.1) is 0 Å². The normalized spacial score (nSPS) is 12.2. The quantitative estimate of drug-likeness (QED) is 0.630. The molecule has 1 nitrogen and oxygen atoms in total. The first-order valence-electron chi connectivity index (χ1n) is 4.36. The van der Waals surface area contributed by atoms with E-state index in [1.54, 1.807) is 6.92 Å². The maximum atomic E-state index is 11.1. The van der Waals surface area contributed by atoms with Crippen LogP contribution in [-0.2, 0) is 4.79 Å². The summed E-state index contributed by atoms with van der Waals surface area (Å²) in [5.41, 5.74) is 3.02. The average Bonchev–Trinajstić information content (AvgIpc) is 2.17. The second-order valence-corrected chi connectivity index (χ2v) is 3.17. The molecule has 0 spiro atoms. The van der Waals surface area contributed by atoms with Crippen molar-refractivity contribution in [1.29, 1.82) is 0 Å². The molecular weight excluding hydrogens is 160 g/mol. The molecule has 1 heteroatoms. The third-order valence-electron chi connectivity index (χ3n) is 2.30. The van der Waals surface area contributed by atoms with Gasteiger partial charge in [0.05, 0.1) is 0 Å². The van der Waals surface area contributed by atoms with Crippen LogP contribution in [0.2, 0.25) is 0 Å². The van der Waals surface area contributed by atoms with Gasteiger partial charge >= 0.3 is 0 Å². The minimum Gasteiger partial charge on any atom is -0.295 e. The second-order valence-electron chi connectivity index (χ2n) is 3.17. The first-order chi connectivity index (χ1) is 6.13. The predicted octanol–water partition coefficient (Wildman–Crippen LogP) is 3.07. The van der Waals surface area contributed by atoms with Crippen LogP contribution in [0.4, 0.5) is 0 Å². The minimum atomic E-state index is 0.140. The lowest BCUT2D eigenvalue weighted by Gasteiger charge is -2.04. The summed E-state index contributed by atoms with van der Waals surface area (Å²) < 4.78 is 0. The van der Waals surface area contributed by atoms with Crippen LogP contribution in [0.3, 0.4) is 0 Å². The molecule has 0 N–H and O–H groups in total. The summed E-state index contributed by atoms with van der Waals surface area (Å²) in [7, 11) is 0. The lowest BCUT2D eigenvalue weighted by molar-refractivity contribution is -0.113. The lowest BCUT2D eigenvalue weighted by Crippen LogP contribution is -1.95. The van der Waals surface area contributed by atoms with E-state index in [1.807, 2.05) is 44.2 Å². The summed E-state index contributed by atoms with van der Waals surface area (Å²) >= 11 is 0. The average molecular weight is 174 g/mol. The van der Waals surface area contributed by atoms with Crippen molar-refractivity contribution in [3.8, 4) is 0 Å². The molecule has 1 aromatic carbocycles. The zero-order valence-electron chi connectivity index (χ0n) is 8.29. The fraction of sp³-hybridized carbons (Fsp3) is 0.250. The highest BCUT2D eigenvalue weighted by molar-refractivity contribution is 6.00. The second kappa shape index (κ2) is 4.04. The van der Waals surface area contributed by atoms with E-state index < -0.39 is 0 Å². The summed E-state index contributed by atoms with van der Waals surface area (Å²) in [4.78, 5) is 11.1. The molecule has 0 bridgehead atoms. The molecular formula is C12H14O. The molecule has 0 fully saturated rings. The van der Waals surface area contributed by atoms with Crippen molar-refractivity contribution in [3.63, 3.8) is 0 Å². The van der Waals surface area contributed by atoms with Gasteiger partial charge in [0.1, 0.15) is 0 Å². The lowest BCUT2D eigenvalue weighted by atomic mass is 10.0. The molecule has 0 saturated carbocycles. The molecule has 1 rings (SSSR count). The zero-order valence-corrected chi connectivity index (χ0v) is 8.29. The van der Waals surface area contributed by atoms with Gasteiger partial charge in [0, 0.05) is 0 Å². The molecule has 0 saturated heterocycles. The minimum absolute atomic E-state index is 0.140. The molecule has 68 valence electrons. The Balaban J connectivity index is 3.11. The van der Waals surface area contributed by atoms with Crippen LogP contribution in [0.1, 0.15) is 26.3 Å². The number of hydrogen-bond acceptors (Lipinski definition) is 1. The van der Waals surface area contributed by atoms with Crippen LogP contribution >= 0.6 is 0 Å². The van der Waals surface area contributed by atoms with Crippen LogP contribution in [0.15, 0.2) is 35.9 Å². The molecule has 0 atom stereocenters. The number of ketones is 1. The van der Waals surface area contributed by atoms with Crippen LogP contribution < -0.4 is 0 Å². The molecule has 0 aliphatic rings. The van der Waals surface area contributed by atoms with Gasteiger partial charge in [0.25, 0.3) is 0 Å². The molecule has 13 heavy (non-hydrogen) atoms. The fourth-order valence-electron chi connectivity index (χ4n) is 1.17. The topological polar surface area (TPSA) is 17.1 Å². The van der Waals surface area contributed by atoms with E-state index in [1.165, 1.54) is 0 Å². The molecule has 0 heterocycles. The van der Waals surface area contributed by atoms with Gasteiger partial charge in [-0.1, -0.05) is 30.3 Å². The molecule has 0 radical (unpaired) electrons. The van der Waals surface area contributed by atoms with Gasteiger partial charge in [-0.25, -0.2) is 0 Å². The van der Waals surface area contributed by atoms with Crippen molar-refractivity contribution < 1.29 is 4.79 Å². The summed E-state index contributed by atoms with van der Waals surface area (Å²) in [6.07, 6.45) is 0. The first-order valence-corrected chi connectivity index (χ1v) is 4.36. The van der Waals surface area contributed by atoms with E-state index in [4.69, 9.17) is 0 Å². The zero-order chi connectivity index (χ0) is 9.84. The summed E-state index contributed by atoms with van der Waals surface area (Å²) in [6.45, 7) is 5.44. The number of benzene rings is 1. The van der Waals surface area contributed by atoms with Crippen molar-refractivity contribution in [2.24, 2.45) is 0 Å². The molecule has 0 unspecified atom stereocenters. The summed E-state index contributed by atoms with van der Waals surface area (Å²) in [6, 6.07) is 9.96. The highest BCUT2D eigenvalue weighted by Crippen LogP contribution is 2.17. The van der Waals surface area contributed by atoms with Crippen molar-refractivity contribution in [3.05, 3.63) is 41.5 Å². The Labute approximate surface area is 79.1 Å².